The van der Waals surface area contributed by atoms with E-state index >= 15 is 0 Å². The quantitative estimate of drug-likeness (QED) is 0.232. The van der Waals surface area contributed by atoms with E-state index in [0.717, 1.165) is 55.4 Å². The molecule has 0 atom stereocenters. The first-order valence-corrected chi connectivity index (χ1v) is 13.4. The topological polar surface area (TPSA) is 43.9 Å². The predicted molar refractivity (Wildman–Crippen MR) is 164 cm³/mol. The Morgan fingerprint density at radius 1 is 0.500 bits per heavy atom. The van der Waals surface area contributed by atoms with Crippen LogP contribution in [-0.4, -0.2) is 14.5 Å². The molecule has 4 heteroatoms. The molecule has 0 aliphatic carbocycles. The molecule has 0 fully saturated rings. The largest absolute Gasteiger partial charge is 0.436 e. The van der Waals surface area contributed by atoms with Crippen molar-refractivity contribution in [1.29, 1.82) is 0 Å². The van der Waals surface area contributed by atoms with E-state index in [9.17, 15) is 0 Å². The molecule has 0 spiro atoms. The van der Waals surface area contributed by atoms with Gasteiger partial charge in [-0.25, -0.2) is 9.97 Å². The Bertz CT molecular complexity index is 2440. The van der Waals surface area contributed by atoms with Crippen LogP contribution in [0, 0.1) is 0 Å². The van der Waals surface area contributed by atoms with Crippen molar-refractivity contribution in [1.82, 2.24) is 14.5 Å². The molecule has 0 aliphatic rings. The summed E-state index contributed by atoms with van der Waals surface area (Å²) in [7, 11) is 0. The number of para-hydroxylation sites is 2. The maximum atomic E-state index is 6.25. The van der Waals surface area contributed by atoms with Gasteiger partial charge in [0.2, 0.25) is 5.71 Å². The highest BCUT2D eigenvalue weighted by Crippen LogP contribution is 2.40. The van der Waals surface area contributed by atoms with Crippen molar-refractivity contribution in [3.8, 4) is 17.1 Å². The Hall–Kier alpha value is -5.48. The first kappa shape index (κ1) is 21.5. The molecule has 6 aromatic carbocycles. The number of hydrogen-bond donors (Lipinski definition) is 0. The molecule has 4 nitrogen and oxygen atoms in total. The van der Waals surface area contributed by atoms with E-state index < -0.39 is 0 Å². The summed E-state index contributed by atoms with van der Waals surface area (Å²) < 4.78 is 8.53. The maximum Gasteiger partial charge on any atom is 0.247 e. The monoisotopic (exact) mass is 511 g/mol. The van der Waals surface area contributed by atoms with Crippen molar-refractivity contribution in [2.45, 2.75) is 0 Å². The molecule has 40 heavy (non-hydrogen) atoms. The summed E-state index contributed by atoms with van der Waals surface area (Å²) in [6.45, 7) is 0. The summed E-state index contributed by atoms with van der Waals surface area (Å²) in [6, 6.07) is 44.5. The highest BCUT2D eigenvalue weighted by molar-refractivity contribution is 6.14. The molecule has 0 aliphatic heterocycles. The van der Waals surface area contributed by atoms with Gasteiger partial charge in [0, 0.05) is 21.7 Å². The zero-order chi connectivity index (χ0) is 26.2. The number of rotatable bonds is 2. The molecule has 3 heterocycles. The highest BCUT2D eigenvalue weighted by Gasteiger charge is 2.22. The Labute approximate surface area is 228 Å². The van der Waals surface area contributed by atoms with Crippen molar-refractivity contribution >= 4 is 65.6 Å². The Kier molecular flexibility index (Phi) is 4.30. The number of aromatic nitrogens is 3. The normalized spacial score (nSPS) is 12.0. The standard InChI is InChI=1S/C36H21N3O/c1-2-12-24-21-31-29(20-23(24)11-1)26-15-5-7-18-30(26)39(31)35-33(27-17-9-13-22-10-3-4-14-25(22)27)38-36-34(37-35)28-16-6-8-19-32(28)40-36/h1-21H. The minimum atomic E-state index is 0.541. The van der Waals surface area contributed by atoms with Crippen LogP contribution in [0.25, 0.3) is 82.6 Å². The van der Waals surface area contributed by atoms with E-state index in [0.29, 0.717) is 5.71 Å². The highest BCUT2D eigenvalue weighted by atomic mass is 16.3. The first-order valence-electron chi connectivity index (χ1n) is 13.4. The summed E-state index contributed by atoms with van der Waals surface area (Å²) in [5.41, 5.74) is 6.10. The lowest BCUT2D eigenvalue weighted by Crippen LogP contribution is -2.03. The summed E-state index contributed by atoms with van der Waals surface area (Å²) in [5.74, 6) is 0.789. The molecule has 0 unspecified atom stereocenters. The fraction of sp³-hybridized carbons (Fsp3) is 0. The van der Waals surface area contributed by atoms with E-state index in [4.69, 9.17) is 14.4 Å². The molecule has 0 saturated heterocycles. The number of benzene rings is 6. The van der Waals surface area contributed by atoms with Gasteiger partial charge in [0.1, 0.15) is 16.8 Å². The summed E-state index contributed by atoms with van der Waals surface area (Å²) in [6.07, 6.45) is 0. The Balaban J connectivity index is 1.50. The van der Waals surface area contributed by atoms with Gasteiger partial charge < -0.3 is 4.42 Å². The Morgan fingerprint density at radius 2 is 1.18 bits per heavy atom. The second-order valence-electron chi connectivity index (χ2n) is 10.2. The summed E-state index contributed by atoms with van der Waals surface area (Å²) in [5, 5.41) is 8.03. The molecule has 0 bridgehead atoms. The van der Waals surface area contributed by atoms with Gasteiger partial charge in [-0.2, -0.15) is 0 Å². The number of furan rings is 1. The molecule has 0 N–H and O–H groups in total. The van der Waals surface area contributed by atoms with Crippen LogP contribution in [0.1, 0.15) is 0 Å². The van der Waals surface area contributed by atoms with Crippen LogP contribution in [0.3, 0.4) is 0 Å². The number of hydrogen-bond acceptors (Lipinski definition) is 3. The molecule has 0 saturated carbocycles. The van der Waals surface area contributed by atoms with Crippen LogP contribution in [0.15, 0.2) is 132 Å². The molecule has 3 aromatic heterocycles. The molecule has 186 valence electrons. The number of fused-ring (bicyclic) bond motifs is 8. The summed E-state index contributed by atoms with van der Waals surface area (Å²) >= 11 is 0. The smallest absolute Gasteiger partial charge is 0.247 e. The fourth-order valence-electron chi connectivity index (χ4n) is 6.17. The van der Waals surface area contributed by atoms with Crippen LogP contribution in [0.5, 0.6) is 0 Å². The van der Waals surface area contributed by atoms with Crippen molar-refractivity contribution in [2.24, 2.45) is 0 Å². The number of nitrogens with zero attached hydrogens (tertiary/aromatic N) is 3. The van der Waals surface area contributed by atoms with E-state index in [-0.39, 0.29) is 0 Å². The minimum Gasteiger partial charge on any atom is -0.436 e. The predicted octanol–water partition coefficient (Wildman–Crippen LogP) is 9.45. The van der Waals surface area contributed by atoms with Gasteiger partial charge in [-0.1, -0.05) is 97.1 Å². The van der Waals surface area contributed by atoms with E-state index in [1.165, 1.54) is 21.5 Å². The van der Waals surface area contributed by atoms with E-state index in [1.54, 1.807) is 0 Å². The van der Waals surface area contributed by atoms with Crippen molar-refractivity contribution in [3.05, 3.63) is 127 Å². The average Bonchev–Trinajstić information content (AvgIpc) is 3.53. The second kappa shape index (κ2) is 8.01. The lowest BCUT2D eigenvalue weighted by Gasteiger charge is -2.14. The van der Waals surface area contributed by atoms with Gasteiger partial charge in [0.25, 0.3) is 0 Å². The molecule has 9 rings (SSSR count). The third-order valence-electron chi connectivity index (χ3n) is 7.99. The molecular formula is C36H21N3O. The third kappa shape index (κ3) is 2.96. The maximum absolute atomic E-state index is 6.25. The van der Waals surface area contributed by atoms with Crippen LogP contribution in [-0.2, 0) is 0 Å². The molecular weight excluding hydrogens is 490 g/mol. The van der Waals surface area contributed by atoms with Crippen molar-refractivity contribution in [2.75, 3.05) is 0 Å². The summed E-state index contributed by atoms with van der Waals surface area (Å²) in [4.78, 5) is 10.6. The van der Waals surface area contributed by atoms with Gasteiger partial charge in [-0.3, -0.25) is 4.57 Å². The minimum absolute atomic E-state index is 0.541. The fourth-order valence-corrected chi connectivity index (χ4v) is 6.17. The third-order valence-corrected chi connectivity index (χ3v) is 7.99. The average molecular weight is 512 g/mol. The SMILES string of the molecule is c1ccc2cc3c(cc2c1)c1ccccc1n3-c1nc2c(nc1-c1cccc3ccccc13)oc1ccccc12. The Morgan fingerprint density at radius 3 is 2.05 bits per heavy atom. The van der Waals surface area contributed by atoms with E-state index in [1.807, 2.05) is 18.2 Å². The van der Waals surface area contributed by atoms with Crippen LogP contribution in [0.2, 0.25) is 0 Å². The van der Waals surface area contributed by atoms with Crippen LogP contribution in [0.4, 0.5) is 0 Å². The molecule has 0 amide bonds. The van der Waals surface area contributed by atoms with Crippen molar-refractivity contribution < 1.29 is 4.42 Å². The van der Waals surface area contributed by atoms with Gasteiger partial charge >= 0.3 is 0 Å². The second-order valence-corrected chi connectivity index (χ2v) is 10.2. The van der Waals surface area contributed by atoms with Crippen LogP contribution < -0.4 is 0 Å². The van der Waals surface area contributed by atoms with Gasteiger partial charge in [-0.15, -0.1) is 0 Å². The zero-order valence-corrected chi connectivity index (χ0v) is 21.4. The van der Waals surface area contributed by atoms with Gasteiger partial charge in [-0.05, 0) is 51.9 Å². The van der Waals surface area contributed by atoms with Crippen molar-refractivity contribution in [3.63, 3.8) is 0 Å². The zero-order valence-electron chi connectivity index (χ0n) is 21.4. The van der Waals surface area contributed by atoms with E-state index in [2.05, 4.69) is 114 Å². The molecule has 0 radical (unpaired) electrons. The lowest BCUT2D eigenvalue weighted by molar-refractivity contribution is 0.653. The lowest BCUT2D eigenvalue weighted by atomic mass is 10.0. The molecule has 9 aromatic rings. The van der Waals surface area contributed by atoms with Gasteiger partial charge in [0.15, 0.2) is 5.82 Å². The van der Waals surface area contributed by atoms with Crippen LogP contribution >= 0.6 is 0 Å². The first-order chi connectivity index (χ1) is 19.8. The van der Waals surface area contributed by atoms with Gasteiger partial charge in [0.05, 0.1) is 11.0 Å².